The van der Waals surface area contributed by atoms with Gasteiger partial charge in [-0.25, -0.2) is 8.42 Å². The van der Waals surface area contributed by atoms with E-state index in [0.29, 0.717) is 21.9 Å². The second-order valence-electron chi connectivity index (χ2n) is 7.15. The molecule has 8 nitrogen and oxygen atoms in total. The molecule has 0 radical (unpaired) electrons. The molecular formula is C21H25N3O5S2. The number of thiazole rings is 1. The fraction of sp³-hybridized carbons (Fsp3) is 0.333. The number of methoxy groups -OCH3 is 2. The number of sulfonamides is 1. The molecule has 0 spiro atoms. The number of ether oxygens (including phenoxy) is 2. The molecule has 0 aliphatic carbocycles. The lowest BCUT2D eigenvalue weighted by molar-refractivity contribution is 0.0998. The average Bonchev–Trinajstić information content (AvgIpc) is 3.08. The number of aromatic nitrogens is 1. The van der Waals surface area contributed by atoms with Crippen LogP contribution >= 0.6 is 11.3 Å². The summed E-state index contributed by atoms with van der Waals surface area (Å²) in [4.78, 5) is 17.6. The topological polar surface area (TPSA) is 90.2 Å². The monoisotopic (exact) mass is 463 g/mol. The van der Waals surface area contributed by atoms with E-state index >= 15 is 0 Å². The second-order valence-corrected chi connectivity index (χ2v) is 10.1. The first-order valence-corrected chi connectivity index (χ1v) is 11.7. The summed E-state index contributed by atoms with van der Waals surface area (Å²) in [6.07, 6.45) is 0. The van der Waals surface area contributed by atoms with Crippen LogP contribution in [0.1, 0.15) is 24.2 Å². The molecule has 31 heavy (non-hydrogen) atoms. The Labute approximate surface area is 185 Å². The van der Waals surface area contributed by atoms with E-state index in [9.17, 15) is 13.2 Å². The second kappa shape index (κ2) is 8.81. The van der Waals surface area contributed by atoms with Crippen molar-refractivity contribution in [3.63, 3.8) is 0 Å². The average molecular weight is 464 g/mol. The zero-order valence-electron chi connectivity index (χ0n) is 18.2. The van der Waals surface area contributed by atoms with Crippen molar-refractivity contribution < 1.29 is 22.7 Å². The Hall–Kier alpha value is -2.69. The zero-order chi connectivity index (χ0) is 22.9. The maximum atomic E-state index is 12.8. The van der Waals surface area contributed by atoms with E-state index in [1.807, 2.05) is 0 Å². The maximum absolute atomic E-state index is 12.8. The van der Waals surface area contributed by atoms with Crippen LogP contribution in [-0.2, 0) is 17.1 Å². The van der Waals surface area contributed by atoms with Gasteiger partial charge < -0.3 is 14.0 Å². The van der Waals surface area contributed by atoms with E-state index in [4.69, 9.17) is 9.47 Å². The quantitative estimate of drug-likeness (QED) is 0.561. The fourth-order valence-electron chi connectivity index (χ4n) is 2.99. The third-order valence-electron chi connectivity index (χ3n) is 5.02. The lowest BCUT2D eigenvalue weighted by Gasteiger charge is -2.20. The summed E-state index contributed by atoms with van der Waals surface area (Å²) in [5.41, 5.74) is 1.07. The van der Waals surface area contributed by atoms with Crippen LogP contribution in [0.15, 0.2) is 46.3 Å². The Morgan fingerprint density at radius 1 is 1.06 bits per heavy atom. The molecule has 0 unspecified atom stereocenters. The number of nitrogens with zero attached hydrogens (tertiary/aromatic N) is 3. The normalized spacial score (nSPS) is 12.7. The number of carbonyl (C=O) groups excluding carboxylic acids is 1. The van der Waals surface area contributed by atoms with Gasteiger partial charge in [0.2, 0.25) is 10.0 Å². The first kappa shape index (κ1) is 23.0. The van der Waals surface area contributed by atoms with Crippen LogP contribution in [0, 0.1) is 0 Å². The van der Waals surface area contributed by atoms with Crippen molar-refractivity contribution in [2.45, 2.75) is 24.8 Å². The molecule has 0 bridgehead atoms. The van der Waals surface area contributed by atoms with Crippen LogP contribution in [-0.4, -0.2) is 50.5 Å². The molecule has 2 aromatic carbocycles. The van der Waals surface area contributed by atoms with Gasteiger partial charge in [-0.2, -0.15) is 9.30 Å². The number of hydrogen-bond donors (Lipinski definition) is 0. The number of rotatable bonds is 6. The number of benzene rings is 2. The summed E-state index contributed by atoms with van der Waals surface area (Å²) < 4.78 is 39.9. The van der Waals surface area contributed by atoms with Gasteiger partial charge in [0, 0.05) is 25.7 Å². The highest BCUT2D eigenvalue weighted by atomic mass is 32.2. The van der Waals surface area contributed by atoms with E-state index < -0.39 is 15.9 Å². The molecule has 3 aromatic rings. The molecule has 1 aromatic heterocycles. The fourth-order valence-corrected chi connectivity index (χ4v) is 5.49. The molecule has 0 saturated carbocycles. The molecule has 0 aliphatic rings. The maximum Gasteiger partial charge on any atom is 0.279 e. The number of fused-ring (bicyclic) bond motifs is 1. The van der Waals surface area contributed by atoms with Crippen molar-refractivity contribution in [1.82, 2.24) is 8.87 Å². The van der Waals surface area contributed by atoms with Crippen LogP contribution in [0.3, 0.4) is 0 Å². The Morgan fingerprint density at radius 2 is 1.65 bits per heavy atom. The molecule has 0 N–H and O–H groups in total. The lowest BCUT2D eigenvalue weighted by atomic mass is 10.2. The van der Waals surface area contributed by atoms with Gasteiger partial charge in [-0.05, 0) is 50.2 Å². The Balaban J connectivity index is 2.01. The molecule has 0 aliphatic heterocycles. The van der Waals surface area contributed by atoms with Gasteiger partial charge in [-0.3, -0.25) is 4.79 Å². The summed E-state index contributed by atoms with van der Waals surface area (Å²) in [6.45, 7) is 3.59. The Morgan fingerprint density at radius 3 is 2.19 bits per heavy atom. The summed E-state index contributed by atoms with van der Waals surface area (Å²) in [6, 6.07) is 9.22. The molecule has 166 valence electrons. The van der Waals surface area contributed by atoms with Crippen LogP contribution in [0.5, 0.6) is 11.5 Å². The predicted octanol–water partition coefficient (Wildman–Crippen LogP) is 3.03. The molecule has 1 heterocycles. The summed E-state index contributed by atoms with van der Waals surface area (Å²) in [7, 11) is 2.86. The molecular weight excluding hydrogens is 438 g/mol. The van der Waals surface area contributed by atoms with Crippen LogP contribution in [0.25, 0.3) is 10.2 Å². The molecule has 1 amide bonds. The highest BCUT2D eigenvalue weighted by Gasteiger charge is 2.23. The molecule has 3 rings (SSSR count). The Kier molecular flexibility index (Phi) is 6.54. The van der Waals surface area contributed by atoms with Crippen LogP contribution in [0.2, 0.25) is 0 Å². The summed E-state index contributed by atoms with van der Waals surface area (Å²) >= 11 is 1.31. The van der Waals surface area contributed by atoms with Crippen molar-refractivity contribution in [2.75, 3.05) is 21.3 Å². The number of amides is 1. The predicted molar refractivity (Wildman–Crippen MR) is 120 cm³/mol. The number of aryl methyl sites for hydroxylation is 1. The van der Waals surface area contributed by atoms with Gasteiger partial charge in [0.15, 0.2) is 4.80 Å². The van der Waals surface area contributed by atoms with Crippen molar-refractivity contribution in [2.24, 2.45) is 12.0 Å². The highest BCUT2D eigenvalue weighted by Crippen LogP contribution is 2.34. The van der Waals surface area contributed by atoms with Gasteiger partial charge in [-0.1, -0.05) is 11.3 Å². The van der Waals surface area contributed by atoms with Crippen LogP contribution in [0.4, 0.5) is 0 Å². The van der Waals surface area contributed by atoms with E-state index in [-0.39, 0.29) is 10.9 Å². The summed E-state index contributed by atoms with van der Waals surface area (Å²) in [5.74, 6) is 0.836. The number of hydrogen-bond acceptors (Lipinski definition) is 6. The first-order valence-electron chi connectivity index (χ1n) is 9.49. The SMILES string of the molecule is COc1ccc(OC)c2c1sc(=NC(=O)c1ccc(S(=O)(=O)N(C)C(C)C)cc1)n2C. The molecule has 0 saturated heterocycles. The van der Waals surface area contributed by atoms with Gasteiger partial charge in [0.05, 0.1) is 19.1 Å². The standard InChI is InChI=1S/C21H25N3O5S2/c1-13(2)24(4)31(26,27)15-9-7-14(8-10-15)20(25)22-21-23(3)18-16(28-5)11-12-17(29-6)19(18)30-21/h7-13H,1-6H3. The van der Waals surface area contributed by atoms with Gasteiger partial charge in [0.1, 0.15) is 21.7 Å². The smallest absolute Gasteiger partial charge is 0.279 e. The van der Waals surface area contributed by atoms with E-state index in [1.165, 1.54) is 47.0 Å². The van der Waals surface area contributed by atoms with Gasteiger partial charge in [0.25, 0.3) is 5.91 Å². The largest absolute Gasteiger partial charge is 0.495 e. The molecule has 0 atom stereocenters. The van der Waals surface area contributed by atoms with Crippen molar-refractivity contribution in [3.05, 3.63) is 46.8 Å². The highest BCUT2D eigenvalue weighted by molar-refractivity contribution is 7.89. The minimum absolute atomic E-state index is 0.127. The van der Waals surface area contributed by atoms with E-state index in [0.717, 1.165) is 10.2 Å². The first-order chi connectivity index (χ1) is 14.6. The molecule has 0 fully saturated rings. The zero-order valence-corrected chi connectivity index (χ0v) is 19.9. The number of carbonyl (C=O) groups is 1. The third kappa shape index (κ3) is 4.23. The minimum Gasteiger partial charge on any atom is -0.495 e. The minimum atomic E-state index is -3.62. The van der Waals surface area contributed by atoms with E-state index in [1.54, 1.807) is 51.8 Å². The van der Waals surface area contributed by atoms with Gasteiger partial charge >= 0.3 is 0 Å². The Bertz CT molecular complexity index is 1290. The van der Waals surface area contributed by atoms with Crippen molar-refractivity contribution in [1.29, 1.82) is 0 Å². The molecule has 10 heteroatoms. The van der Waals surface area contributed by atoms with Crippen molar-refractivity contribution >= 4 is 37.5 Å². The lowest BCUT2D eigenvalue weighted by Crippen LogP contribution is -2.33. The van der Waals surface area contributed by atoms with Gasteiger partial charge in [-0.15, -0.1) is 0 Å². The van der Waals surface area contributed by atoms with Crippen molar-refractivity contribution in [3.8, 4) is 11.5 Å². The van der Waals surface area contributed by atoms with E-state index in [2.05, 4.69) is 4.99 Å². The third-order valence-corrected chi connectivity index (χ3v) is 8.21. The van der Waals surface area contributed by atoms with Crippen LogP contribution < -0.4 is 14.3 Å². The summed E-state index contributed by atoms with van der Waals surface area (Å²) in [5, 5.41) is 0.